The Balaban J connectivity index is 1.59. The van der Waals surface area contributed by atoms with Crippen molar-refractivity contribution in [2.75, 3.05) is 11.9 Å². The zero-order valence-electron chi connectivity index (χ0n) is 14.2. The first-order valence-electron chi connectivity index (χ1n) is 8.04. The van der Waals surface area contributed by atoms with Gasteiger partial charge in [-0.15, -0.1) is 15.3 Å². The summed E-state index contributed by atoms with van der Waals surface area (Å²) >= 11 is 1.56. The van der Waals surface area contributed by atoms with Gasteiger partial charge in [0.05, 0.1) is 5.56 Å². The molecule has 5 nitrogen and oxygen atoms in total. The van der Waals surface area contributed by atoms with Gasteiger partial charge in [-0.25, -0.2) is 0 Å². The Morgan fingerprint density at radius 2 is 1.81 bits per heavy atom. The second-order valence-corrected chi connectivity index (χ2v) is 6.83. The fraction of sp³-hybridized carbons (Fsp3) is 0.167. The second kappa shape index (κ2) is 6.66. The van der Waals surface area contributed by atoms with Gasteiger partial charge in [0, 0.05) is 24.5 Å². The number of anilines is 1. The lowest BCUT2D eigenvalue weighted by atomic mass is 10.1. The lowest BCUT2D eigenvalue weighted by Gasteiger charge is -2.18. The lowest BCUT2D eigenvalue weighted by Crippen LogP contribution is -2.19. The van der Waals surface area contributed by atoms with Crippen molar-refractivity contribution in [3.05, 3.63) is 64.4 Å². The average molecular weight is 389 g/mol. The molecule has 0 saturated carbocycles. The number of halogens is 3. The van der Waals surface area contributed by atoms with Crippen LogP contribution >= 0.6 is 11.3 Å². The standard InChI is InChI=1S/C18H14F3N5S/c1-25(10-12-2-4-14(5-3-12)18(19,20)21)16-7-6-15-22-23-17(26(15)24-16)13-8-9-27-11-13/h2-9,11H,10H2,1H3. The van der Waals surface area contributed by atoms with Crippen molar-refractivity contribution in [1.82, 2.24) is 19.8 Å². The third-order valence-corrected chi connectivity index (χ3v) is 4.80. The van der Waals surface area contributed by atoms with Crippen LogP contribution < -0.4 is 4.90 Å². The van der Waals surface area contributed by atoms with Gasteiger partial charge in [0.25, 0.3) is 0 Å². The summed E-state index contributed by atoms with van der Waals surface area (Å²) in [5.74, 6) is 1.31. The molecule has 3 aromatic heterocycles. The molecule has 4 rings (SSSR count). The Morgan fingerprint density at radius 3 is 2.48 bits per heavy atom. The Labute approximate surface area is 156 Å². The van der Waals surface area contributed by atoms with E-state index in [2.05, 4.69) is 15.3 Å². The van der Waals surface area contributed by atoms with Crippen LogP contribution in [0.15, 0.2) is 53.2 Å². The van der Waals surface area contributed by atoms with Crippen LogP contribution in [0.5, 0.6) is 0 Å². The molecular formula is C18H14F3N5S. The second-order valence-electron chi connectivity index (χ2n) is 6.05. The number of thiophene rings is 1. The first-order chi connectivity index (χ1) is 12.9. The molecule has 27 heavy (non-hydrogen) atoms. The summed E-state index contributed by atoms with van der Waals surface area (Å²) in [6.45, 7) is 0.423. The van der Waals surface area contributed by atoms with Crippen LogP contribution in [-0.2, 0) is 12.7 Å². The van der Waals surface area contributed by atoms with Gasteiger partial charge in [-0.2, -0.15) is 29.0 Å². The van der Waals surface area contributed by atoms with Crippen molar-refractivity contribution in [3.8, 4) is 11.4 Å². The van der Waals surface area contributed by atoms with Crippen LogP contribution in [0.4, 0.5) is 19.0 Å². The highest BCUT2D eigenvalue weighted by molar-refractivity contribution is 7.08. The highest BCUT2D eigenvalue weighted by atomic mass is 32.1. The van der Waals surface area contributed by atoms with Gasteiger partial charge in [-0.1, -0.05) is 12.1 Å². The van der Waals surface area contributed by atoms with E-state index >= 15 is 0 Å². The van der Waals surface area contributed by atoms with Gasteiger partial charge >= 0.3 is 6.18 Å². The molecule has 1 aromatic carbocycles. The smallest absolute Gasteiger partial charge is 0.354 e. The van der Waals surface area contributed by atoms with E-state index in [4.69, 9.17) is 0 Å². The van der Waals surface area contributed by atoms with Crippen LogP contribution in [0, 0.1) is 0 Å². The Bertz CT molecular complexity index is 1050. The van der Waals surface area contributed by atoms with Crippen molar-refractivity contribution in [2.24, 2.45) is 0 Å². The molecule has 0 radical (unpaired) electrons. The molecule has 0 unspecified atom stereocenters. The molecule has 9 heteroatoms. The minimum Gasteiger partial charge on any atom is -0.354 e. The molecule has 0 aliphatic heterocycles. The van der Waals surface area contributed by atoms with Gasteiger partial charge in [0.1, 0.15) is 5.82 Å². The summed E-state index contributed by atoms with van der Waals surface area (Å²) in [6, 6.07) is 10.7. The van der Waals surface area contributed by atoms with Crippen molar-refractivity contribution in [2.45, 2.75) is 12.7 Å². The molecule has 0 fully saturated rings. The van der Waals surface area contributed by atoms with E-state index in [-0.39, 0.29) is 0 Å². The minimum atomic E-state index is -4.33. The molecule has 138 valence electrons. The normalized spacial score (nSPS) is 11.9. The maximum Gasteiger partial charge on any atom is 0.416 e. The van der Waals surface area contributed by atoms with Gasteiger partial charge in [-0.3, -0.25) is 0 Å². The predicted molar refractivity (Wildman–Crippen MR) is 97.6 cm³/mol. The van der Waals surface area contributed by atoms with E-state index < -0.39 is 11.7 Å². The number of aromatic nitrogens is 4. The Hall–Kier alpha value is -2.94. The van der Waals surface area contributed by atoms with Gasteiger partial charge < -0.3 is 4.90 Å². The number of benzene rings is 1. The number of hydrogen-bond acceptors (Lipinski definition) is 5. The molecular weight excluding hydrogens is 375 g/mol. The number of nitrogens with zero attached hydrogens (tertiary/aromatic N) is 5. The van der Waals surface area contributed by atoms with Gasteiger partial charge in [0.2, 0.25) is 0 Å². The largest absolute Gasteiger partial charge is 0.416 e. The van der Waals surface area contributed by atoms with Crippen LogP contribution in [0.25, 0.3) is 17.0 Å². The molecule has 0 N–H and O–H groups in total. The first-order valence-corrected chi connectivity index (χ1v) is 8.98. The average Bonchev–Trinajstić information content (AvgIpc) is 3.30. The molecule has 0 saturated heterocycles. The molecule has 3 heterocycles. The molecule has 4 aromatic rings. The van der Waals surface area contributed by atoms with E-state index in [1.807, 2.05) is 40.9 Å². The summed E-state index contributed by atoms with van der Waals surface area (Å²) in [6.07, 6.45) is -4.33. The third kappa shape index (κ3) is 3.50. The molecule has 0 spiro atoms. The monoisotopic (exact) mass is 389 g/mol. The summed E-state index contributed by atoms with van der Waals surface area (Å²) in [5.41, 5.74) is 1.66. The van der Waals surface area contributed by atoms with Crippen LogP contribution in [0.1, 0.15) is 11.1 Å². The SMILES string of the molecule is CN(Cc1ccc(C(F)(F)F)cc1)c1ccc2nnc(-c3ccsc3)n2n1. The van der Waals surface area contributed by atoms with Gasteiger partial charge in [-0.05, 0) is 41.3 Å². The zero-order valence-corrected chi connectivity index (χ0v) is 15.0. The molecule has 0 aliphatic rings. The summed E-state index contributed by atoms with van der Waals surface area (Å²) < 4.78 is 39.7. The molecule has 0 amide bonds. The molecule has 0 aliphatic carbocycles. The van der Waals surface area contributed by atoms with E-state index in [1.165, 1.54) is 12.1 Å². The number of alkyl halides is 3. The zero-order chi connectivity index (χ0) is 19.0. The summed E-state index contributed by atoms with van der Waals surface area (Å²) in [4.78, 5) is 1.86. The first kappa shape index (κ1) is 17.5. The van der Waals surface area contributed by atoms with Gasteiger partial charge in [0.15, 0.2) is 11.5 Å². The maximum atomic E-state index is 12.7. The summed E-state index contributed by atoms with van der Waals surface area (Å²) in [5, 5.41) is 16.8. The quantitative estimate of drug-likeness (QED) is 0.515. The Kier molecular flexibility index (Phi) is 4.31. The topological polar surface area (TPSA) is 46.3 Å². The van der Waals surface area contributed by atoms with E-state index in [0.717, 1.165) is 23.3 Å². The van der Waals surface area contributed by atoms with Crippen molar-refractivity contribution >= 4 is 22.8 Å². The fourth-order valence-corrected chi connectivity index (χ4v) is 3.34. The van der Waals surface area contributed by atoms with Crippen molar-refractivity contribution in [1.29, 1.82) is 0 Å². The third-order valence-electron chi connectivity index (χ3n) is 4.12. The van der Waals surface area contributed by atoms with Crippen molar-refractivity contribution in [3.63, 3.8) is 0 Å². The number of fused-ring (bicyclic) bond motifs is 1. The van der Waals surface area contributed by atoms with E-state index in [1.54, 1.807) is 15.9 Å². The van der Waals surface area contributed by atoms with E-state index in [9.17, 15) is 13.2 Å². The summed E-state index contributed by atoms with van der Waals surface area (Å²) in [7, 11) is 1.83. The lowest BCUT2D eigenvalue weighted by molar-refractivity contribution is -0.137. The maximum absolute atomic E-state index is 12.7. The van der Waals surface area contributed by atoms with Crippen LogP contribution in [0.2, 0.25) is 0 Å². The van der Waals surface area contributed by atoms with Crippen LogP contribution in [-0.4, -0.2) is 26.9 Å². The Morgan fingerprint density at radius 1 is 1.04 bits per heavy atom. The number of rotatable bonds is 4. The fourth-order valence-electron chi connectivity index (χ4n) is 2.71. The van der Waals surface area contributed by atoms with E-state index in [0.29, 0.717) is 23.8 Å². The van der Waals surface area contributed by atoms with Crippen molar-refractivity contribution < 1.29 is 13.2 Å². The highest BCUT2D eigenvalue weighted by Crippen LogP contribution is 2.29. The highest BCUT2D eigenvalue weighted by Gasteiger charge is 2.29. The molecule has 0 atom stereocenters. The minimum absolute atomic E-state index is 0.423. The molecule has 0 bridgehead atoms. The number of hydrogen-bond donors (Lipinski definition) is 0. The predicted octanol–water partition coefficient (Wildman–Crippen LogP) is 4.51. The van der Waals surface area contributed by atoms with Crippen LogP contribution in [0.3, 0.4) is 0 Å².